The van der Waals surface area contributed by atoms with Gasteiger partial charge in [0.2, 0.25) is 0 Å². The number of H-pyrrole nitrogens is 1. The molecule has 2 aromatic rings. The van der Waals surface area contributed by atoms with E-state index in [2.05, 4.69) is 20.9 Å². The number of piperazine rings is 1. The first kappa shape index (κ1) is 15.2. The van der Waals surface area contributed by atoms with Crippen LogP contribution in [0, 0.1) is 0 Å². The number of amides is 1. The van der Waals surface area contributed by atoms with E-state index < -0.39 is 12.1 Å². The Hall–Kier alpha value is -1.70. The summed E-state index contributed by atoms with van der Waals surface area (Å²) in [4.78, 5) is 17.2. The van der Waals surface area contributed by atoms with Crippen LogP contribution in [-0.2, 0) is 4.79 Å². The molecule has 118 valence electrons. The first-order chi connectivity index (χ1) is 10.4. The van der Waals surface area contributed by atoms with Crippen molar-refractivity contribution in [3.8, 4) is 0 Å². The van der Waals surface area contributed by atoms with Crippen LogP contribution in [0.1, 0.15) is 0 Å². The van der Waals surface area contributed by atoms with E-state index in [0.717, 1.165) is 26.0 Å². The van der Waals surface area contributed by atoms with Gasteiger partial charge in [0.05, 0.1) is 0 Å². The molecule has 0 atom stereocenters. The Balaban J connectivity index is 1.79. The van der Waals surface area contributed by atoms with Crippen molar-refractivity contribution in [2.24, 2.45) is 0 Å². The van der Waals surface area contributed by atoms with Gasteiger partial charge in [0.25, 0.3) is 0 Å². The van der Waals surface area contributed by atoms with Crippen molar-refractivity contribution < 1.29 is 18.0 Å². The fourth-order valence-corrected chi connectivity index (χ4v) is 3.15. The number of aromatic nitrogens is 1. The van der Waals surface area contributed by atoms with E-state index in [1.807, 2.05) is 29.3 Å². The molecule has 2 heterocycles. The lowest BCUT2D eigenvalue weighted by atomic mass is 10.1. The van der Waals surface area contributed by atoms with Gasteiger partial charge in [-0.3, -0.25) is 4.79 Å². The molecule has 22 heavy (non-hydrogen) atoms. The van der Waals surface area contributed by atoms with Gasteiger partial charge in [0, 0.05) is 53.4 Å². The molecule has 1 saturated heterocycles. The predicted octanol–water partition coefficient (Wildman–Crippen LogP) is 3.14. The fourth-order valence-electron chi connectivity index (χ4n) is 2.70. The molecule has 1 fully saturated rings. The second-order valence-electron chi connectivity index (χ2n) is 5.14. The Morgan fingerprint density at radius 1 is 1.18 bits per heavy atom. The van der Waals surface area contributed by atoms with E-state index in [0.29, 0.717) is 13.1 Å². The largest absolute Gasteiger partial charge is 0.471 e. The molecular formula is C14H13BrF3N3O. The number of fused-ring (bicyclic) bond motifs is 1. The Kier molecular flexibility index (Phi) is 3.80. The molecule has 0 aliphatic carbocycles. The maximum Gasteiger partial charge on any atom is 0.471 e. The van der Waals surface area contributed by atoms with Gasteiger partial charge in [-0.05, 0) is 18.2 Å². The predicted molar refractivity (Wildman–Crippen MR) is 80.8 cm³/mol. The summed E-state index contributed by atoms with van der Waals surface area (Å²) in [5.74, 6) is -1.76. The summed E-state index contributed by atoms with van der Waals surface area (Å²) in [7, 11) is 0. The molecule has 0 spiro atoms. The molecule has 1 aromatic carbocycles. The lowest BCUT2D eigenvalue weighted by Crippen LogP contribution is -2.52. The highest BCUT2D eigenvalue weighted by molar-refractivity contribution is 9.10. The molecular weight excluding hydrogens is 363 g/mol. The number of carbonyl (C=O) groups excluding carboxylic acids is 1. The van der Waals surface area contributed by atoms with Crippen molar-refractivity contribution in [3.63, 3.8) is 0 Å². The third-order valence-corrected chi connectivity index (χ3v) is 4.22. The lowest BCUT2D eigenvalue weighted by Gasteiger charge is -2.36. The van der Waals surface area contributed by atoms with Crippen LogP contribution < -0.4 is 4.90 Å². The van der Waals surface area contributed by atoms with Crippen LogP contribution in [0.5, 0.6) is 0 Å². The SMILES string of the molecule is O=C(N1CCN(c2cc(Br)cc3[nH]ccc23)CC1)C(F)(F)F. The van der Waals surface area contributed by atoms with Crippen LogP contribution in [0.25, 0.3) is 10.9 Å². The summed E-state index contributed by atoms with van der Waals surface area (Å²) in [6.07, 6.45) is -2.98. The number of alkyl halides is 3. The first-order valence-corrected chi connectivity index (χ1v) is 7.53. The molecule has 1 N–H and O–H groups in total. The Morgan fingerprint density at radius 3 is 2.50 bits per heavy atom. The maximum atomic E-state index is 12.5. The fraction of sp³-hybridized carbons (Fsp3) is 0.357. The van der Waals surface area contributed by atoms with Crippen LogP contribution in [-0.4, -0.2) is 48.1 Å². The molecule has 4 nitrogen and oxygen atoms in total. The van der Waals surface area contributed by atoms with Gasteiger partial charge in [0.1, 0.15) is 0 Å². The van der Waals surface area contributed by atoms with Crippen LogP contribution in [0.4, 0.5) is 18.9 Å². The number of rotatable bonds is 1. The number of halogens is 4. The van der Waals surface area contributed by atoms with Gasteiger partial charge < -0.3 is 14.8 Å². The van der Waals surface area contributed by atoms with Gasteiger partial charge in [-0.15, -0.1) is 0 Å². The normalized spacial score (nSPS) is 16.4. The van der Waals surface area contributed by atoms with E-state index in [1.54, 1.807) is 0 Å². The number of benzene rings is 1. The Bertz CT molecular complexity index is 705. The third-order valence-electron chi connectivity index (χ3n) is 3.76. The minimum absolute atomic E-state index is 0.0662. The molecule has 0 radical (unpaired) electrons. The summed E-state index contributed by atoms with van der Waals surface area (Å²) in [5, 5.41) is 1.01. The highest BCUT2D eigenvalue weighted by Crippen LogP contribution is 2.31. The number of hydrogen-bond acceptors (Lipinski definition) is 2. The van der Waals surface area contributed by atoms with E-state index >= 15 is 0 Å². The minimum Gasteiger partial charge on any atom is -0.367 e. The van der Waals surface area contributed by atoms with E-state index in [4.69, 9.17) is 0 Å². The number of nitrogens with zero attached hydrogens (tertiary/aromatic N) is 2. The molecule has 1 aromatic heterocycles. The second-order valence-corrected chi connectivity index (χ2v) is 6.06. The number of anilines is 1. The summed E-state index contributed by atoms with van der Waals surface area (Å²) >= 11 is 3.44. The molecule has 0 bridgehead atoms. The monoisotopic (exact) mass is 375 g/mol. The van der Waals surface area contributed by atoms with Crippen molar-refractivity contribution in [3.05, 3.63) is 28.9 Å². The van der Waals surface area contributed by atoms with Gasteiger partial charge in [0.15, 0.2) is 0 Å². The molecule has 0 saturated carbocycles. The number of aromatic amines is 1. The topological polar surface area (TPSA) is 39.3 Å². The third kappa shape index (κ3) is 2.79. The van der Waals surface area contributed by atoms with Crippen LogP contribution in [0.2, 0.25) is 0 Å². The van der Waals surface area contributed by atoms with Gasteiger partial charge in [-0.1, -0.05) is 15.9 Å². The summed E-state index contributed by atoms with van der Waals surface area (Å²) < 4.78 is 38.3. The van der Waals surface area contributed by atoms with E-state index in [1.165, 1.54) is 0 Å². The lowest BCUT2D eigenvalue weighted by molar-refractivity contribution is -0.185. The molecule has 1 aliphatic rings. The van der Waals surface area contributed by atoms with Crippen LogP contribution >= 0.6 is 15.9 Å². The Labute approximate surface area is 133 Å². The second kappa shape index (κ2) is 5.49. The minimum atomic E-state index is -4.80. The summed E-state index contributed by atoms with van der Waals surface area (Å²) in [6.45, 7) is 0.880. The molecule has 1 amide bonds. The van der Waals surface area contributed by atoms with E-state index in [-0.39, 0.29) is 13.1 Å². The highest BCUT2D eigenvalue weighted by atomic mass is 79.9. The van der Waals surface area contributed by atoms with Crippen molar-refractivity contribution >= 4 is 38.4 Å². The number of hydrogen-bond donors (Lipinski definition) is 1. The van der Waals surface area contributed by atoms with Crippen LogP contribution in [0.3, 0.4) is 0 Å². The first-order valence-electron chi connectivity index (χ1n) is 6.74. The van der Waals surface area contributed by atoms with Crippen molar-refractivity contribution in [1.29, 1.82) is 0 Å². The highest BCUT2D eigenvalue weighted by Gasteiger charge is 2.43. The molecule has 1 aliphatic heterocycles. The summed E-state index contributed by atoms with van der Waals surface area (Å²) in [6, 6.07) is 5.82. The Morgan fingerprint density at radius 2 is 1.86 bits per heavy atom. The molecule has 0 unspecified atom stereocenters. The van der Waals surface area contributed by atoms with Gasteiger partial charge in [-0.2, -0.15) is 13.2 Å². The quantitative estimate of drug-likeness (QED) is 0.831. The van der Waals surface area contributed by atoms with Crippen molar-refractivity contribution in [2.75, 3.05) is 31.1 Å². The van der Waals surface area contributed by atoms with Gasteiger partial charge >= 0.3 is 12.1 Å². The maximum absolute atomic E-state index is 12.5. The molecule has 3 rings (SSSR count). The average molecular weight is 376 g/mol. The number of carbonyl (C=O) groups is 1. The van der Waals surface area contributed by atoms with Crippen molar-refractivity contribution in [1.82, 2.24) is 9.88 Å². The van der Waals surface area contributed by atoms with E-state index in [9.17, 15) is 18.0 Å². The molecule has 8 heteroatoms. The summed E-state index contributed by atoms with van der Waals surface area (Å²) in [5.41, 5.74) is 1.91. The average Bonchev–Trinajstić information content (AvgIpc) is 2.93. The van der Waals surface area contributed by atoms with Crippen molar-refractivity contribution in [2.45, 2.75) is 6.18 Å². The number of nitrogens with one attached hydrogen (secondary N) is 1. The zero-order valence-corrected chi connectivity index (χ0v) is 13.0. The van der Waals surface area contributed by atoms with Crippen LogP contribution in [0.15, 0.2) is 28.9 Å². The zero-order valence-electron chi connectivity index (χ0n) is 11.5. The van der Waals surface area contributed by atoms with Gasteiger partial charge in [-0.25, -0.2) is 0 Å². The zero-order chi connectivity index (χ0) is 15.9. The smallest absolute Gasteiger partial charge is 0.367 e. The standard InChI is InChI=1S/C14H13BrF3N3O/c15-9-7-11-10(1-2-19-11)12(8-9)20-3-5-21(6-4-20)13(22)14(16,17)18/h1-2,7-8,19H,3-6H2.